The molecule has 0 aliphatic rings. The molecule has 96 valence electrons. The molecule has 0 aliphatic carbocycles. The van der Waals surface area contributed by atoms with Gasteiger partial charge in [0.2, 0.25) is 0 Å². The Morgan fingerprint density at radius 2 is 2.11 bits per heavy atom. The molecule has 0 spiro atoms. The van der Waals surface area contributed by atoms with Crippen molar-refractivity contribution in [3.05, 3.63) is 39.8 Å². The van der Waals surface area contributed by atoms with Crippen molar-refractivity contribution in [2.45, 2.75) is 0 Å². The largest absolute Gasteiger partial charge is 0.478 e. The highest BCUT2D eigenvalue weighted by Crippen LogP contribution is 2.21. The summed E-state index contributed by atoms with van der Waals surface area (Å²) in [6, 6.07) is 3.91. The molecule has 7 heteroatoms. The molecule has 0 atom stereocenters. The van der Waals surface area contributed by atoms with E-state index in [-0.39, 0.29) is 22.8 Å². The Hall–Kier alpha value is -1.53. The van der Waals surface area contributed by atoms with Crippen LogP contribution in [-0.4, -0.2) is 23.7 Å². The average molecular weight is 334 g/mol. The fourth-order valence-corrected chi connectivity index (χ4v) is 1.58. The molecule has 1 aromatic carbocycles. The fraction of sp³-hybridized carbons (Fsp3) is 0.0909. The summed E-state index contributed by atoms with van der Waals surface area (Å²) in [7, 11) is 0. The minimum atomic E-state index is -1.13. The Balaban J connectivity index is 2.82. The number of aromatic carboxylic acids is 1. The van der Waals surface area contributed by atoms with E-state index in [9.17, 15) is 9.59 Å². The third-order valence-electron chi connectivity index (χ3n) is 1.90. The number of anilines is 1. The zero-order valence-electron chi connectivity index (χ0n) is 9.17. The van der Waals surface area contributed by atoms with Crippen LogP contribution in [0.25, 0.3) is 0 Å². The highest BCUT2D eigenvalue weighted by atomic mass is 79.9. The van der Waals surface area contributed by atoms with Crippen LogP contribution in [-0.2, 0) is 0 Å². The van der Waals surface area contributed by atoms with Gasteiger partial charge in [0.1, 0.15) is 0 Å². The third-order valence-corrected chi connectivity index (χ3v) is 2.53. The first-order valence-electron chi connectivity index (χ1n) is 4.81. The molecule has 0 saturated carbocycles. The zero-order valence-corrected chi connectivity index (χ0v) is 11.5. The lowest BCUT2D eigenvalue weighted by Gasteiger charge is -2.09. The number of urea groups is 1. The van der Waals surface area contributed by atoms with E-state index in [0.717, 1.165) is 0 Å². The predicted octanol–water partition coefficient (Wildman–Crippen LogP) is 3.02. The number of rotatable bonds is 4. The predicted molar refractivity (Wildman–Crippen MR) is 73.1 cm³/mol. The summed E-state index contributed by atoms with van der Waals surface area (Å²) in [5.74, 6) is -1.13. The van der Waals surface area contributed by atoms with Gasteiger partial charge >= 0.3 is 12.0 Å². The zero-order chi connectivity index (χ0) is 13.7. The molecule has 0 saturated heterocycles. The lowest BCUT2D eigenvalue weighted by molar-refractivity contribution is 0.0698. The first-order valence-corrected chi connectivity index (χ1v) is 5.98. The van der Waals surface area contributed by atoms with Crippen LogP contribution < -0.4 is 10.6 Å². The van der Waals surface area contributed by atoms with Crippen LogP contribution in [0.5, 0.6) is 0 Å². The molecule has 1 rings (SSSR count). The summed E-state index contributed by atoms with van der Waals surface area (Å²) in [5.41, 5.74) is 0.188. The molecule has 0 aliphatic heterocycles. The van der Waals surface area contributed by atoms with Crippen LogP contribution in [0.15, 0.2) is 34.3 Å². The van der Waals surface area contributed by atoms with Crippen LogP contribution in [0.3, 0.4) is 0 Å². The molecule has 2 amide bonds. The van der Waals surface area contributed by atoms with E-state index in [2.05, 4.69) is 33.1 Å². The van der Waals surface area contributed by atoms with Crippen molar-refractivity contribution in [3.8, 4) is 0 Å². The highest BCUT2D eigenvalue weighted by molar-refractivity contribution is 9.10. The number of halogens is 2. The molecule has 0 aromatic heterocycles. The Labute approximate surface area is 117 Å². The molecule has 1 aromatic rings. The Kier molecular flexibility index (Phi) is 5.18. The standard InChI is InChI=1S/C11H10BrClN2O3/c1-6(13)5-14-11(18)15-9-4-7(12)2-3-8(9)10(16)17/h2-4H,1,5H2,(H,16,17)(H2,14,15,18). The van der Waals surface area contributed by atoms with Crippen LogP contribution in [0.4, 0.5) is 10.5 Å². The van der Waals surface area contributed by atoms with Gasteiger partial charge < -0.3 is 15.7 Å². The number of carbonyl (C=O) groups excluding carboxylic acids is 1. The summed E-state index contributed by atoms with van der Waals surface area (Å²) < 4.78 is 0.657. The minimum Gasteiger partial charge on any atom is -0.478 e. The maximum absolute atomic E-state index is 11.5. The summed E-state index contributed by atoms with van der Waals surface area (Å²) in [6.07, 6.45) is 0. The molecule has 0 fully saturated rings. The number of hydrogen-bond donors (Lipinski definition) is 3. The molecule has 18 heavy (non-hydrogen) atoms. The van der Waals surface area contributed by atoms with E-state index in [1.165, 1.54) is 12.1 Å². The van der Waals surface area contributed by atoms with E-state index in [0.29, 0.717) is 4.47 Å². The van der Waals surface area contributed by atoms with Crippen molar-refractivity contribution in [2.75, 3.05) is 11.9 Å². The van der Waals surface area contributed by atoms with Crippen LogP contribution in [0.1, 0.15) is 10.4 Å². The molecule has 0 bridgehead atoms. The topological polar surface area (TPSA) is 78.4 Å². The second-order valence-corrected chi connectivity index (χ2v) is 4.77. The molecule has 3 N–H and O–H groups in total. The van der Waals surface area contributed by atoms with Gasteiger partial charge in [-0.25, -0.2) is 9.59 Å². The Bertz CT molecular complexity index is 505. The van der Waals surface area contributed by atoms with Gasteiger partial charge in [0.25, 0.3) is 0 Å². The van der Waals surface area contributed by atoms with Crippen molar-refractivity contribution in [1.29, 1.82) is 0 Å². The van der Waals surface area contributed by atoms with Gasteiger partial charge in [-0.2, -0.15) is 0 Å². The number of carbonyl (C=O) groups is 2. The number of amides is 2. The van der Waals surface area contributed by atoms with Gasteiger partial charge in [-0.1, -0.05) is 34.1 Å². The number of carboxylic acids is 1. The van der Waals surface area contributed by atoms with E-state index in [1.807, 2.05) is 0 Å². The third kappa shape index (κ3) is 4.38. The van der Waals surface area contributed by atoms with Crippen molar-refractivity contribution in [3.63, 3.8) is 0 Å². The normalized spacial score (nSPS) is 9.67. The second-order valence-electron chi connectivity index (χ2n) is 3.32. The van der Waals surface area contributed by atoms with Gasteiger partial charge in [-0.3, -0.25) is 0 Å². The summed E-state index contributed by atoms with van der Waals surface area (Å²) in [6.45, 7) is 3.52. The molecular weight excluding hydrogens is 323 g/mol. The van der Waals surface area contributed by atoms with Crippen LogP contribution in [0, 0.1) is 0 Å². The highest BCUT2D eigenvalue weighted by Gasteiger charge is 2.12. The van der Waals surface area contributed by atoms with E-state index in [4.69, 9.17) is 16.7 Å². The van der Waals surface area contributed by atoms with Gasteiger partial charge in [-0.05, 0) is 18.2 Å². The number of carboxylic acid groups (broad SMARTS) is 1. The maximum atomic E-state index is 11.5. The monoisotopic (exact) mass is 332 g/mol. The van der Waals surface area contributed by atoms with E-state index >= 15 is 0 Å². The Morgan fingerprint density at radius 1 is 1.44 bits per heavy atom. The second kappa shape index (κ2) is 6.42. The quantitative estimate of drug-likeness (QED) is 0.792. The molecule has 0 radical (unpaired) electrons. The van der Waals surface area contributed by atoms with Crippen molar-refractivity contribution in [2.24, 2.45) is 0 Å². The van der Waals surface area contributed by atoms with Crippen LogP contribution >= 0.6 is 27.5 Å². The molecule has 5 nitrogen and oxygen atoms in total. The van der Waals surface area contributed by atoms with E-state index in [1.54, 1.807) is 6.07 Å². The van der Waals surface area contributed by atoms with E-state index < -0.39 is 12.0 Å². The van der Waals surface area contributed by atoms with Gasteiger partial charge in [0.05, 0.1) is 17.8 Å². The smallest absolute Gasteiger partial charge is 0.337 e. The SMILES string of the molecule is C=C(Cl)CNC(=O)Nc1cc(Br)ccc1C(=O)O. The summed E-state index contributed by atoms with van der Waals surface area (Å²) >= 11 is 8.69. The molecular formula is C11H10BrClN2O3. The van der Waals surface area contributed by atoms with Gasteiger partial charge in [0, 0.05) is 9.51 Å². The first kappa shape index (κ1) is 14.5. The summed E-state index contributed by atoms with van der Waals surface area (Å²) in [4.78, 5) is 22.4. The lowest BCUT2D eigenvalue weighted by atomic mass is 10.2. The molecule has 0 heterocycles. The fourth-order valence-electron chi connectivity index (χ4n) is 1.15. The summed E-state index contributed by atoms with van der Waals surface area (Å²) in [5, 5.41) is 14.1. The molecule has 0 unspecified atom stereocenters. The lowest BCUT2D eigenvalue weighted by Crippen LogP contribution is -2.30. The number of nitrogens with one attached hydrogen (secondary N) is 2. The maximum Gasteiger partial charge on any atom is 0.337 e. The van der Waals surface area contributed by atoms with Crippen molar-refractivity contribution < 1.29 is 14.7 Å². The van der Waals surface area contributed by atoms with Gasteiger partial charge in [-0.15, -0.1) is 0 Å². The first-order chi connectivity index (χ1) is 8.40. The Morgan fingerprint density at radius 3 is 2.67 bits per heavy atom. The van der Waals surface area contributed by atoms with Crippen molar-refractivity contribution in [1.82, 2.24) is 5.32 Å². The number of hydrogen-bond acceptors (Lipinski definition) is 2. The van der Waals surface area contributed by atoms with Crippen molar-refractivity contribution >= 4 is 45.2 Å². The van der Waals surface area contributed by atoms with Crippen LogP contribution in [0.2, 0.25) is 0 Å². The van der Waals surface area contributed by atoms with Gasteiger partial charge in [0.15, 0.2) is 0 Å². The average Bonchev–Trinajstić information content (AvgIpc) is 2.26. The number of benzene rings is 1. The minimum absolute atomic E-state index is 0.00181.